The van der Waals surface area contributed by atoms with E-state index < -0.39 is 10.4 Å². The van der Waals surface area contributed by atoms with E-state index in [2.05, 4.69) is 105 Å². The molecule has 0 atom stereocenters. The molecule has 2 aromatic rings. The van der Waals surface area contributed by atoms with Gasteiger partial charge in [-0.15, -0.1) is 0 Å². The molecule has 0 bridgehead atoms. The third kappa shape index (κ3) is 6.75. The average Bonchev–Trinajstić information content (AvgIpc) is 2.93. The van der Waals surface area contributed by atoms with E-state index in [9.17, 15) is 0 Å². The van der Waals surface area contributed by atoms with E-state index in [0.29, 0.717) is 6.42 Å². The highest BCUT2D eigenvalue weighted by molar-refractivity contribution is 7.79. The molecule has 2 aromatic carbocycles. The van der Waals surface area contributed by atoms with Crippen LogP contribution in [0.2, 0.25) is 0 Å². The number of fused-ring (bicyclic) bond motifs is 1. The molecule has 0 saturated carbocycles. The predicted molar refractivity (Wildman–Crippen MR) is 129 cm³/mol. The smallest absolute Gasteiger partial charge is 0.209 e. The Morgan fingerprint density at radius 3 is 2.33 bits per heavy atom. The van der Waals surface area contributed by atoms with Crippen molar-refractivity contribution >= 4 is 33.6 Å². The maximum Gasteiger partial charge on any atom is 0.209 e. The fourth-order valence-electron chi connectivity index (χ4n) is 4.17. The molecule has 0 amide bonds. The first-order valence-electron chi connectivity index (χ1n) is 10.7. The molecule has 0 radical (unpaired) electrons. The van der Waals surface area contributed by atoms with Gasteiger partial charge in [0.25, 0.3) is 0 Å². The van der Waals surface area contributed by atoms with Crippen LogP contribution in [0.15, 0.2) is 48.5 Å². The summed E-state index contributed by atoms with van der Waals surface area (Å²) >= 11 is 0. The third-order valence-electron chi connectivity index (χ3n) is 5.85. The first-order valence-corrected chi connectivity index (χ1v) is 12.0. The summed E-state index contributed by atoms with van der Waals surface area (Å²) in [6.45, 7) is 10.6. The molecule has 176 valence electrons. The SMILES string of the molecule is CCN(CCC#N)c1ccc(/C=C/C2=[N+](C)c3ccccc3C2(C)C)c(C)c1.O=S(=O)([O-])[O-]. The van der Waals surface area contributed by atoms with Crippen LogP contribution >= 0.6 is 0 Å². The van der Waals surface area contributed by atoms with Crippen molar-refractivity contribution in [1.29, 1.82) is 5.26 Å². The van der Waals surface area contributed by atoms with Crippen molar-refractivity contribution in [2.24, 2.45) is 0 Å². The lowest BCUT2D eigenvalue weighted by molar-refractivity contribution is -0.401. The van der Waals surface area contributed by atoms with E-state index >= 15 is 0 Å². The Bertz CT molecular complexity index is 1200. The molecule has 1 aliphatic heterocycles. The van der Waals surface area contributed by atoms with Crippen LogP contribution in [0.3, 0.4) is 0 Å². The van der Waals surface area contributed by atoms with Crippen molar-refractivity contribution in [2.75, 3.05) is 25.0 Å². The highest BCUT2D eigenvalue weighted by Crippen LogP contribution is 2.39. The quantitative estimate of drug-likeness (QED) is 0.358. The normalized spacial score (nSPS) is 14.5. The van der Waals surface area contributed by atoms with Crippen LogP contribution in [0.25, 0.3) is 6.08 Å². The van der Waals surface area contributed by atoms with Crippen LogP contribution < -0.4 is 4.90 Å². The Balaban J connectivity index is 0.000000696. The molecule has 33 heavy (non-hydrogen) atoms. The molecule has 0 spiro atoms. The van der Waals surface area contributed by atoms with Crippen LogP contribution in [-0.4, -0.2) is 47.9 Å². The predicted octanol–water partition coefficient (Wildman–Crippen LogP) is 4.12. The van der Waals surface area contributed by atoms with Crippen LogP contribution in [0.5, 0.6) is 0 Å². The number of hydrogen-bond acceptors (Lipinski definition) is 6. The number of hydrogen-bond donors (Lipinski definition) is 0. The van der Waals surface area contributed by atoms with Gasteiger partial charge >= 0.3 is 0 Å². The first-order chi connectivity index (χ1) is 15.4. The summed E-state index contributed by atoms with van der Waals surface area (Å²) < 4.78 is 36.4. The zero-order valence-corrected chi connectivity index (χ0v) is 20.5. The largest absolute Gasteiger partial charge is 0.759 e. The van der Waals surface area contributed by atoms with Crippen LogP contribution in [0, 0.1) is 18.3 Å². The Hall–Kier alpha value is -2.99. The fraction of sp³-hybridized carbons (Fsp3) is 0.360. The average molecular weight is 469 g/mol. The van der Waals surface area contributed by atoms with Gasteiger partial charge in [-0.2, -0.15) is 9.84 Å². The Labute approximate surface area is 196 Å². The minimum Gasteiger partial charge on any atom is -0.759 e. The van der Waals surface area contributed by atoms with Crippen molar-refractivity contribution in [1.82, 2.24) is 0 Å². The summed E-state index contributed by atoms with van der Waals surface area (Å²) in [4.78, 5) is 2.25. The standard InChI is InChI=1S/C25H30N3.H2O4S/c1-6-28(17-9-16-26)21-14-12-20(19(2)18-21)13-15-24-25(3,4)22-10-7-8-11-23(22)27(24)5;1-5(2,3)4/h7-8,10-15,18H,6,9,17H2,1-5H3;(H2,1,2,3,4)/q+1;/p-2. The van der Waals surface area contributed by atoms with E-state index in [1.54, 1.807) is 0 Å². The second-order valence-electron chi connectivity index (χ2n) is 8.36. The molecule has 1 aliphatic rings. The second-order valence-corrected chi connectivity index (χ2v) is 9.17. The topological polar surface area (TPSA) is 110 Å². The number of allylic oxidation sites excluding steroid dienone is 1. The molecule has 0 aromatic heterocycles. The van der Waals surface area contributed by atoms with Gasteiger partial charge < -0.3 is 14.0 Å². The second kappa shape index (κ2) is 10.8. The van der Waals surface area contributed by atoms with Crippen LogP contribution in [0.4, 0.5) is 11.4 Å². The molecule has 7 nitrogen and oxygen atoms in total. The lowest BCUT2D eigenvalue weighted by atomic mass is 9.81. The summed E-state index contributed by atoms with van der Waals surface area (Å²) in [7, 11) is -3.02. The number of nitrogens with zero attached hydrogens (tertiary/aromatic N) is 3. The minimum atomic E-state index is -5.17. The molecule has 0 unspecified atom stereocenters. The summed E-state index contributed by atoms with van der Waals surface area (Å²) in [5, 5.41) is 8.87. The minimum absolute atomic E-state index is 0.00794. The summed E-state index contributed by atoms with van der Waals surface area (Å²) in [5.41, 5.74) is 7.63. The van der Waals surface area contributed by atoms with Gasteiger partial charge in [-0.05, 0) is 57.0 Å². The van der Waals surface area contributed by atoms with Crippen molar-refractivity contribution in [3.8, 4) is 6.07 Å². The fourth-order valence-corrected chi connectivity index (χ4v) is 4.17. The number of anilines is 1. The van der Waals surface area contributed by atoms with Crippen molar-refractivity contribution in [3.63, 3.8) is 0 Å². The van der Waals surface area contributed by atoms with Gasteiger partial charge in [0.2, 0.25) is 5.69 Å². The van der Waals surface area contributed by atoms with Crippen LogP contribution in [0.1, 0.15) is 43.9 Å². The zero-order chi connectivity index (χ0) is 24.8. The number of rotatable bonds is 6. The van der Waals surface area contributed by atoms with E-state index in [4.69, 9.17) is 22.8 Å². The maximum absolute atomic E-state index is 8.87. The molecule has 3 rings (SSSR count). The Morgan fingerprint density at radius 2 is 1.79 bits per heavy atom. The van der Waals surface area contributed by atoms with Crippen LogP contribution in [-0.2, 0) is 15.8 Å². The van der Waals surface area contributed by atoms with Gasteiger partial charge in [0.1, 0.15) is 7.05 Å². The van der Waals surface area contributed by atoms with E-state index in [-0.39, 0.29) is 5.41 Å². The third-order valence-corrected chi connectivity index (χ3v) is 5.85. The number of para-hydroxylation sites is 1. The lowest BCUT2D eigenvalue weighted by Crippen LogP contribution is -2.26. The molecular formula is C25H30N3O4S-. The lowest BCUT2D eigenvalue weighted by Gasteiger charge is -2.22. The summed E-state index contributed by atoms with van der Waals surface area (Å²) in [5.74, 6) is 0. The number of nitriles is 1. The molecule has 0 N–H and O–H groups in total. The van der Waals surface area contributed by atoms with Gasteiger partial charge in [0.15, 0.2) is 5.71 Å². The molecule has 0 saturated heterocycles. The summed E-state index contributed by atoms with van der Waals surface area (Å²) in [6.07, 6.45) is 5.04. The summed E-state index contributed by atoms with van der Waals surface area (Å²) in [6, 6.07) is 17.5. The maximum atomic E-state index is 8.87. The van der Waals surface area contributed by atoms with Crippen molar-refractivity contribution < 1.29 is 22.1 Å². The van der Waals surface area contributed by atoms with E-state index in [0.717, 1.165) is 13.1 Å². The van der Waals surface area contributed by atoms with Gasteiger partial charge in [-0.1, -0.05) is 24.3 Å². The van der Waals surface area contributed by atoms with Gasteiger partial charge in [0, 0.05) is 46.9 Å². The van der Waals surface area contributed by atoms with Gasteiger partial charge in [0.05, 0.1) is 17.9 Å². The molecular weight excluding hydrogens is 438 g/mol. The van der Waals surface area contributed by atoms with Crippen molar-refractivity contribution in [2.45, 2.75) is 39.5 Å². The van der Waals surface area contributed by atoms with E-state index in [1.807, 2.05) is 0 Å². The molecule has 0 fully saturated rings. The number of benzene rings is 2. The number of aryl methyl sites for hydroxylation is 1. The van der Waals surface area contributed by atoms with Gasteiger partial charge in [-0.25, -0.2) is 0 Å². The van der Waals surface area contributed by atoms with Gasteiger partial charge in [-0.3, -0.25) is 8.42 Å². The monoisotopic (exact) mass is 468 g/mol. The first kappa shape index (κ1) is 26.3. The zero-order valence-electron chi connectivity index (χ0n) is 19.7. The molecule has 0 aliphatic carbocycles. The Morgan fingerprint density at radius 1 is 1.15 bits per heavy atom. The van der Waals surface area contributed by atoms with E-state index in [1.165, 1.54) is 33.8 Å². The molecule has 8 heteroatoms. The van der Waals surface area contributed by atoms with Crippen molar-refractivity contribution in [3.05, 3.63) is 65.2 Å². The highest BCUT2D eigenvalue weighted by atomic mass is 32.3. The molecule has 1 heterocycles. The Kier molecular flexibility index (Phi) is 8.56. The highest BCUT2D eigenvalue weighted by Gasteiger charge is 2.42.